The molecule has 3 amide bonds. The number of aryl methyl sites for hydroxylation is 1. The first-order valence-corrected chi connectivity index (χ1v) is 8.26. The zero-order valence-electron chi connectivity index (χ0n) is 15.3. The van der Waals surface area contributed by atoms with E-state index in [-0.39, 0.29) is 24.8 Å². The third kappa shape index (κ3) is 8.74. The number of nitrogens with one attached hydrogen (secondary N) is 3. The van der Waals surface area contributed by atoms with Crippen LogP contribution in [-0.2, 0) is 9.53 Å². The van der Waals surface area contributed by atoms with Gasteiger partial charge in [-0.05, 0) is 39.3 Å². The van der Waals surface area contributed by atoms with Gasteiger partial charge in [0.15, 0.2) is 0 Å². The lowest BCUT2D eigenvalue weighted by Gasteiger charge is -2.19. The molecule has 0 aromatic heterocycles. The molecule has 7 heteroatoms. The van der Waals surface area contributed by atoms with Crippen LogP contribution in [0.3, 0.4) is 0 Å². The second-order valence-corrected chi connectivity index (χ2v) is 6.60. The molecule has 0 aliphatic carbocycles. The molecular formula is C18H27N3O4. The normalized spacial score (nSPS) is 10.7. The Morgan fingerprint density at radius 2 is 1.60 bits per heavy atom. The third-order valence-electron chi connectivity index (χ3n) is 3.14. The molecule has 0 spiro atoms. The number of carbonyl (C=O) groups is 3. The number of benzene rings is 1. The first-order valence-electron chi connectivity index (χ1n) is 8.26. The lowest BCUT2D eigenvalue weighted by atomic mass is 10.1. The minimum Gasteiger partial charge on any atom is -0.444 e. The fourth-order valence-electron chi connectivity index (χ4n) is 1.98. The van der Waals surface area contributed by atoms with Crippen molar-refractivity contribution >= 4 is 17.9 Å². The van der Waals surface area contributed by atoms with Crippen LogP contribution >= 0.6 is 0 Å². The number of carbonyl (C=O) groups excluding carboxylic acids is 3. The Morgan fingerprint density at radius 3 is 2.24 bits per heavy atom. The lowest BCUT2D eigenvalue weighted by Crippen LogP contribution is -2.37. The van der Waals surface area contributed by atoms with Gasteiger partial charge >= 0.3 is 6.09 Å². The van der Waals surface area contributed by atoms with E-state index in [1.165, 1.54) is 0 Å². The van der Waals surface area contributed by atoms with Gasteiger partial charge in [-0.25, -0.2) is 4.79 Å². The summed E-state index contributed by atoms with van der Waals surface area (Å²) in [5, 5.41) is 7.95. The van der Waals surface area contributed by atoms with Crippen molar-refractivity contribution in [3.63, 3.8) is 0 Å². The summed E-state index contributed by atoms with van der Waals surface area (Å²) in [5.74, 6) is -0.375. The van der Waals surface area contributed by atoms with E-state index in [0.717, 1.165) is 5.56 Å². The minimum absolute atomic E-state index is 0.144. The number of hydrogen-bond donors (Lipinski definition) is 3. The topological polar surface area (TPSA) is 96.5 Å². The molecule has 0 saturated heterocycles. The molecular weight excluding hydrogens is 322 g/mol. The molecule has 3 N–H and O–H groups in total. The van der Waals surface area contributed by atoms with Crippen LogP contribution in [0.15, 0.2) is 24.3 Å². The van der Waals surface area contributed by atoms with Crippen molar-refractivity contribution < 1.29 is 19.1 Å². The molecule has 7 nitrogen and oxygen atoms in total. The van der Waals surface area contributed by atoms with Crippen molar-refractivity contribution in [2.75, 3.05) is 19.6 Å². The Kier molecular flexibility index (Phi) is 7.91. The van der Waals surface area contributed by atoms with Gasteiger partial charge in [0, 0.05) is 31.6 Å². The molecule has 1 aromatic carbocycles. The molecule has 0 aliphatic heterocycles. The Morgan fingerprint density at radius 1 is 0.960 bits per heavy atom. The average Bonchev–Trinajstić information content (AvgIpc) is 2.50. The number of alkyl carbamates (subject to hydrolysis) is 1. The van der Waals surface area contributed by atoms with E-state index in [4.69, 9.17) is 4.74 Å². The predicted molar refractivity (Wildman–Crippen MR) is 95.4 cm³/mol. The van der Waals surface area contributed by atoms with Crippen LogP contribution in [0, 0.1) is 6.92 Å². The summed E-state index contributed by atoms with van der Waals surface area (Å²) in [6, 6.07) is 7.30. The summed E-state index contributed by atoms with van der Waals surface area (Å²) in [6.07, 6.45) is -0.406. The molecule has 0 atom stereocenters. The molecule has 0 heterocycles. The van der Waals surface area contributed by atoms with Gasteiger partial charge in [-0.2, -0.15) is 0 Å². The molecule has 0 saturated carbocycles. The standard InChI is InChI=1S/C18H27N3O4/c1-13-7-5-6-8-14(13)16(23)20-12-11-19-15(22)9-10-21-17(24)25-18(2,3)4/h5-8H,9-12H2,1-4H3,(H,19,22)(H,20,23)(H,21,24). The van der Waals surface area contributed by atoms with E-state index in [1.54, 1.807) is 32.9 Å². The van der Waals surface area contributed by atoms with Gasteiger partial charge < -0.3 is 20.7 Å². The molecule has 1 aromatic rings. The maximum Gasteiger partial charge on any atom is 0.407 e. The molecule has 138 valence electrons. The fourth-order valence-corrected chi connectivity index (χ4v) is 1.98. The van der Waals surface area contributed by atoms with Crippen LogP contribution in [0.4, 0.5) is 4.79 Å². The van der Waals surface area contributed by atoms with Crippen LogP contribution in [0.1, 0.15) is 43.1 Å². The van der Waals surface area contributed by atoms with E-state index >= 15 is 0 Å². The second-order valence-electron chi connectivity index (χ2n) is 6.60. The molecule has 0 unspecified atom stereocenters. The highest BCUT2D eigenvalue weighted by Crippen LogP contribution is 2.06. The van der Waals surface area contributed by atoms with Gasteiger partial charge in [-0.1, -0.05) is 18.2 Å². The van der Waals surface area contributed by atoms with E-state index in [1.807, 2.05) is 19.1 Å². The van der Waals surface area contributed by atoms with Gasteiger partial charge in [0.05, 0.1) is 0 Å². The van der Waals surface area contributed by atoms with Crippen LogP contribution in [-0.4, -0.2) is 43.1 Å². The summed E-state index contributed by atoms with van der Waals surface area (Å²) in [5.41, 5.74) is 0.953. The maximum atomic E-state index is 12.0. The average molecular weight is 349 g/mol. The number of rotatable bonds is 7. The first kappa shape index (κ1) is 20.5. The number of amides is 3. The highest BCUT2D eigenvalue weighted by Gasteiger charge is 2.15. The van der Waals surface area contributed by atoms with Gasteiger partial charge in [-0.15, -0.1) is 0 Å². The van der Waals surface area contributed by atoms with Crippen molar-refractivity contribution in [3.05, 3.63) is 35.4 Å². The van der Waals surface area contributed by atoms with E-state index in [0.29, 0.717) is 18.7 Å². The van der Waals surface area contributed by atoms with Crippen molar-refractivity contribution in [3.8, 4) is 0 Å². The van der Waals surface area contributed by atoms with Gasteiger partial charge in [-0.3, -0.25) is 9.59 Å². The molecule has 0 radical (unpaired) electrons. The Labute approximate surface area is 148 Å². The molecule has 1 rings (SSSR count). The smallest absolute Gasteiger partial charge is 0.407 e. The molecule has 0 bridgehead atoms. The number of ether oxygens (including phenoxy) is 1. The zero-order chi connectivity index (χ0) is 18.9. The van der Waals surface area contributed by atoms with Crippen LogP contribution in [0.5, 0.6) is 0 Å². The Hall–Kier alpha value is -2.57. The number of hydrogen-bond acceptors (Lipinski definition) is 4. The van der Waals surface area contributed by atoms with Crippen LogP contribution in [0.2, 0.25) is 0 Å². The highest BCUT2D eigenvalue weighted by atomic mass is 16.6. The quantitative estimate of drug-likeness (QED) is 0.654. The lowest BCUT2D eigenvalue weighted by molar-refractivity contribution is -0.120. The van der Waals surface area contributed by atoms with Crippen LogP contribution in [0.25, 0.3) is 0 Å². The highest BCUT2D eigenvalue weighted by molar-refractivity contribution is 5.95. The van der Waals surface area contributed by atoms with E-state index < -0.39 is 11.7 Å². The predicted octanol–water partition coefficient (Wildman–Crippen LogP) is 1.76. The summed E-state index contributed by atoms with van der Waals surface area (Å²) < 4.78 is 5.07. The van der Waals surface area contributed by atoms with Gasteiger partial charge in [0.1, 0.15) is 5.60 Å². The Bertz CT molecular complexity index is 609. The minimum atomic E-state index is -0.568. The molecule has 0 fully saturated rings. The first-order chi connectivity index (χ1) is 11.7. The second kappa shape index (κ2) is 9.66. The molecule has 0 aliphatic rings. The van der Waals surface area contributed by atoms with Crippen molar-refractivity contribution in [1.82, 2.24) is 16.0 Å². The monoisotopic (exact) mass is 349 g/mol. The zero-order valence-corrected chi connectivity index (χ0v) is 15.3. The molecule has 25 heavy (non-hydrogen) atoms. The van der Waals surface area contributed by atoms with Crippen molar-refractivity contribution in [2.45, 2.75) is 39.7 Å². The summed E-state index contributed by atoms with van der Waals surface area (Å²) in [7, 11) is 0. The fraction of sp³-hybridized carbons (Fsp3) is 0.500. The SMILES string of the molecule is Cc1ccccc1C(=O)NCCNC(=O)CCNC(=O)OC(C)(C)C. The maximum absolute atomic E-state index is 12.0. The van der Waals surface area contributed by atoms with Gasteiger partial charge in [0.2, 0.25) is 5.91 Å². The van der Waals surface area contributed by atoms with Crippen LogP contribution < -0.4 is 16.0 Å². The third-order valence-corrected chi connectivity index (χ3v) is 3.14. The summed E-state index contributed by atoms with van der Waals surface area (Å²) in [4.78, 5) is 35.1. The Balaban J connectivity index is 2.16. The summed E-state index contributed by atoms with van der Waals surface area (Å²) >= 11 is 0. The van der Waals surface area contributed by atoms with Crippen molar-refractivity contribution in [2.24, 2.45) is 0 Å². The van der Waals surface area contributed by atoms with Gasteiger partial charge in [0.25, 0.3) is 5.91 Å². The van der Waals surface area contributed by atoms with E-state index in [2.05, 4.69) is 16.0 Å². The largest absolute Gasteiger partial charge is 0.444 e. The summed E-state index contributed by atoms with van der Waals surface area (Å²) in [6.45, 7) is 8.02. The van der Waals surface area contributed by atoms with E-state index in [9.17, 15) is 14.4 Å². The van der Waals surface area contributed by atoms with Crippen molar-refractivity contribution in [1.29, 1.82) is 0 Å².